The van der Waals surface area contributed by atoms with Crippen LogP contribution in [0.1, 0.15) is 31.2 Å². The first kappa shape index (κ1) is 12.8. The monoisotopic (exact) mass is 260 g/mol. The van der Waals surface area contributed by atoms with Gasteiger partial charge in [-0.25, -0.2) is 0 Å². The lowest BCUT2D eigenvalue weighted by molar-refractivity contribution is 0.373. The Kier molecular flexibility index (Phi) is 3.65. The molecule has 3 heteroatoms. The molecule has 0 unspecified atom stereocenters. The molecular weight excluding hydrogens is 236 g/mol. The van der Waals surface area contributed by atoms with Crippen LogP contribution in [0.5, 0.6) is 5.75 Å². The minimum absolute atomic E-state index is 0.759. The molecule has 0 amide bonds. The smallest absolute Gasteiger partial charge is 0.125 e. The topological polar surface area (TPSA) is 47.3 Å². The summed E-state index contributed by atoms with van der Waals surface area (Å²) in [5.74, 6) is 3.82. The van der Waals surface area contributed by atoms with Gasteiger partial charge in [-0.15, -0.1) is 0 Å². The van der Waals surface area contributed by atoms with Crippen molar-refractivity contribution in [3.05, 3.63) is 23.8 Å². The summed E-state index contributed by atoms with van der Waals surface area (Å²) in [7, 11) is 1.70. The molecule has 3 N–H and O–H groups in total. The number of methoxy groups -OCH3 is 1. The molecule has 3 rings (SSSR count). The van der Waals surface area contributed by atoms with Gasteiger partial charge in [0.05, 0.1) is 7.11 Å². The lowest BCUT2D eigenvalue weighted by Gasteiger charge is -2.17. The predicted molar refractivity (Wildman–Crippen MR) is 78.1 cm³/mol. The van der Waals surface area contributed by atoms with E-state index in [1.807, 2.05) is 12.1 Å². The number of anilines is 1. The van der Waals surface area contributed by atoms with Crippen LogP contribution in [0.15, 0.2) is 18.2 Å². The highest BCUT2D eigenvalue weighted by atomic mass is 16.5. The van der Waals surface area contributed by atoms with E-state index < -0.39 is 0 Å². The van der Waals surface area contributed by atoms with Crippen LogP contribution in [0, 0.1) is 17.8 Å². The minimum Gasteiger partial charge on any atom is -0.496 e. The van der Waals surface area contributed by atoms with Gasteiger partial charge in [-0.1, -0.05) is 6.07 Å². The molecule has 0 radical (unpaired) electrons. The first-order chi connectivity index (χ1) is 9.28. The minimum atomic E-state index is 0.759. The molecule has 0 aromatic heterocycles. The number of hydrogen-bond donors (Lipinski definition) is 2. The number of ether oxygens (including phenoxy) is 1. The Morgan fingerprint density at radius 3 is 2.53 bits per heavy atom. The maximum absolute atomic E-state index is 5.78. The Labute approximate surface area is 115 Å². The van der Waals surface area contributed by atoms with Crippen molar-refractivity contribution >= 4 is 5.69 Å². The molecule has 0 atom stereocenters. The SMILES string of the molecule is COc1cc(N)ccc1CNCC(C1CC1)C1CC1. The van der Waals surface area contributed by atoms with E-state index in [9.17, 15) is 0 Å². The third-order valence-electron chi connectivity index (χ3n) is 4.46. The summed E-state index contributed by atoms with van der Waals surface area (Å²) in [5, 5.41) is 3.62. The molecule has 0 spiro atoms. The van der Waals surface area contributed by atoms with E-state index in [4.69, 9.17) is 10.5 Å². The summed E-state index contributed by atoms with van der Waals surface area (Å²) in [6.45, 7) is 2.03. The fourth-order valence-corrected chi connectivity index (χ4v) is 3.05. The highest BCUT2D eigenvalue weighted by Crippen LogP contribution is 2.48. The fraction of sp³-hybridized carbons (Fsp3) is 0.625. The third-order valence-corrected chi connectivity index (χ3v) is 4.46. The van der Waals surface area contributed by atoms with Crippen LogP contribution >= 0.6 is 0 Å². The molecule has 0 saturated heterocycles. The maximum Gasteiger partial charge on any atom is 0.125 e. The van der Waals surface area contributed by atoms with E-state index in [1.54, 1.807) is 7.11 Å². The van der Waals surface area contributed by atoms with E-state index in [0.29, 0.717) is 0 Å². The number of benzene rings is 1. The van der Waals surface area contributed by atoms with E-state index in [-0.39, 0.29) is 0 Å². The second-order valence-electron chi connectivity index (χ2n) is 6.04. The Balaban J connectivity index is 1.53. The summed E-state index contributed by atoms with van der Waals surface area (Å²) in [4.78, 5) is 0. The third kappa shape index (κ3) is 3.21. The fourth-order valence-electron chi connectivity index (χ4n) is 3.05. The highest BCUT2D eigenvalue weighted by Gasteiger charge is 2.40. The van der Waals surface area contributed by atoms with Gasteiger partial charge in [0.15, 0.2) is 0 Å². The molecule has 3 nitrogen and oxygen atoms in total. The lowest BCUT2D eigenvalue weighted by Crippen LogP contribution is -2.25. The van der Waals surface area contributed by atoms with Crippen LogP contribution in [0.2, 0.25) is 0 Å². The average molecular weight is 260 g/mol. The molecule has 2 saturated carbocycles. The highest BCUT2D eigenvalue weighted by molar-refractivity contribution is 5.48. The quantitative estimate of drug-likeness (QED) is 0.741. The lowest BCUT2D eigenvalue weighted by atomic mass is 9.98. The summed E-state index contributed by atoms with van der Waals surface area (Å²) < 4.78 is 5.38. The predicted octanol–water partition coefficient (Wildman–Crippen LogP) is 2.80. The number of nitrogens with one attached hydrogen (secondary N) is 1. The molecular formula is C16H24N2O. The van der Waals surface area contributed by atoms with Crippen molar-refractivity contribution in [2.75, 3.05) is 19.4 Å². The second kappa shape index (κ2) is 5.41. The molecule has 2 aliphatic carbocycles. The summed E-state index contributed by atoms with van der Waals surface area (Å²) in [6, 6.07) is 5.90. The van der Waals surface area contributed by atoms with Crippen molar-refractivity contribution in [2.45, 2.75) is 32.2 Å². The largest absolute Gasteiger partial charge is 0.496 e. The van der Waals surface area contributed by atoms with Gasteiger partial charge in [0.25, 0.3) is 0 Å². The van der Waals surface area contributed by atoms with Gasteiger partial charge in [0, 0.05) is 23.9 Å². The van der Waals surface area contributed by atoms with Crippen LogP contribution in [0.4, 0.5) is 5.69 Å². The van der Waals surface area contributed by atoms with E-state index in [2.05, 4.69) is 11.4 Å². The van der Waals surface area contributed by atoms with Gasteiger partial charge < -0.3 is 15.8 Å². The van der Waals surface area contributed by atoms with Gasteiger partial charge in [-0.05, 0) is 56.0 Å². The van der Waals surface area contributed by atoms with Crippen molar-refractivity contribution in [1.29, 1.82) is 0 Å². The molecule has 2 fully saturated rings. The van der Waals surface area contributed by atoms with Gasteiger partial charge in [-0.3, -0.25) is 0 Å². The standard InChI is InChI=1S/C16H24N2O/c1-19-16-8-14(17)7-6-13(16)9-18-10-15(11-2-3-11)12-4-5-12/h6-8,11-12,15,18H,2-5,9-10,17H2,1H3. The molecule has 0 bridgehead atoms. The summed E-state index contributed by atoms with van der Waals surface area (Å²) in [5.41, 5.74) is 7.73. The maximum atomic E-state index is 5.78. The Morgan fingerprint density at radius 2 is 1.95 bits per heavy atom. The molecule has 0 aliphatic heterocycles. The Morgan fingerprint density at radius 1 is 1.26 bits per heavy atom. The summed E-state index contributed by atoms with van der Waals surface area (Å²) in [6.07, 6.45) is 5.81. The van der Waals surface area contributed by atoms with Crippen molar-refractivity contribution in [3.63, 3.8) is 0 Å². The van der Waals surface area contributed by atoms with Crippen LogP contribution in [-0.4, -0.2) is 13.7 Å². The normalized spacial score (nSPS) is 18.8. The first-order valence-corrected chi connectivity index (χ1v) is 7.41. The van der Waals surface area contributed by atoms with E-state index in [0.717, 1.165) is 42.3 Å². The van der Waals surface area contributed by atoms with Crippen LogP contribution in [-0.2, 0) is 6.54 Å². The Hall–Kier alpha value is -1.22. The molecule has 19 heavy (non-hydrogen) atoms. The van der Waals surface area contributed by atoms with Gasteiger partial charge >= 0.3 is 0 Å². The van der Waals surface area contributed by atoms with Crippen molar-refractivity contribution in [2.24, 2.45) is 17.8 Å². The summed E-state index contributed by atoms with van der Waals surface area (Å²) >= 11 is 0. The van der Waals surface area contributed by atoms with E-state index in [1.165, 1.54) is 31.2 Å². The average Bonchev–Trinajstić information content (AvgIpc) is 3.28. The second-order valence-corrected chi connectivity index (χ2v) is 6.04. The first-order valence-electron chi connectivity index (χ1n) is 7.41. The molecule has 1 aromatic carbocycles. The van der Waals surface area contributed by atoms with Gasteiger partial charge in [-0.2, -0.15) is 0 Å². The van der Waals surface area contributed by atoms with Gasteiger partial charge in [0.2, 0.25) is 0 Å². The van der Waals surface area contributed by atoms with Gasteiger partial charge in [0.1, 0.15) is 5.75 Å². The van der Waals surface area contributed by atoms with Crippen molar-refractivity contribution in [3.8, 4) is 5.75 Å². The number of rotatable bonds is 7. The van der Waals surface area contributed by atoms with Crippen molar-refractivity contribution in [1.82, 2.24) is 5.32 Å². The number of hydrogen-bond acceptors (Lipinski definition) is 3. The van der Waals surface area contributed by atoms with Crippen LogP contribution < -0.4 is 15.8 Å². The zero-order chi connectivity index (χ0) is 13.2. The zero-order valence-corrected chi connectivity index (χ0v) is 11.7. The van der Waals surface area contributed by atoms with E-state index >= 15 is 0 Å². The molecule has 2 aliphatic rings. The van der Waals surface area contributed by atoms with Crippen LogP contribution in [0.25, 0.3) is 0 Å². The zero-order valence-electron chi connectivity index (χ0n) is 11.7. The molecule has 104 valence electrons. The molecule has 0 heterocycles. The number of nitrogens with two attached hydrogens (primary N) is 1. The van der Waals surface area contributed by atoms with Crippen molar-refractivity contribution < 1.29 is 4.74 Å². The molecule has 1 aromatic rings. The Bertz CT molecular complexity index is 426. The number of nitrogen functional groups attached to an aromatic ring is 1. The van der Waals surface area contributed by atoms with Crippen LogP contribution in [0.3, 0.4) is 0 Å².